The molecule has 1 saturated carbocycles. The van der Waals surface area contributed by atoms with Crippen molar-refractivity contribution in [2.24, 2.45) is 5.92 Å². The Labute approximate surface area is 136 Å². The van der Waals surface area contributed by atoms with Crippen LogP contribution in [0.1, 0.15) is 38.5 Å². The molecule has 0 amide bonds. The van der Waals surface area contributed by atoms with Crippen molar-refractivity contribution in [3.8, 4) is 0 Å². The molecule has 0 aromatic heterocycles. The zero-order valence-corrected chi connectivity index (χ0v) is 14.1. The van der Waals surface area contributed by atoms with E-state index in [9.17, 15) is 8.42 Å². The quantitative estimate of drug-likeness (QED) is 0.604. The molecule has 0 bridgehead atoms. The molecular formula is C14H20Cl2N2O2S. The normalized spacial score (nSPS) is 16.5. The van der Waals surface area contributed by atoms with Gasteiger partial charge in [0.2, 0.25) is 10.0 Å². The summed E-state index contributed by atoms with van der Waals surface area (Å²) in [4.78, 5) is -0.0964. The first-order valence-corrected chi connectivity index (χ1v) is 9.38. The molecule has 1 aliphatic carbocycles. The fourth-order valence-corrected chi connectivity index (χ4v) is 5.11. The second kappa shape index (κ2) is 7.18. The van der Waals surface area contributed by atoms with E-state index in [1.54, 1.807) is 0 Å². The molecule has 118 valence electrons. The molecule has 4 nitrogen and oxygen atoms in total. The highest BCUT2D eigenvalue weighted by Crippen LogP contribution is 2.32. The summed E-state index contributed by atoms with van der Waals surface area (Å²) < 4.78 is 27.1. The number of benzene rings is 1. The third-order valence-corrected chi connectivity index (χ3v) is 6.23. The Hall–Kier alpha value is -0.490. The zero-order valence-electron chi connectivity index (χ0n) is 11.7. The molecular weight excluding hydrogens is 331 g/mol. The number of hydrogen-bond donors (Lipinski definition) is 2. The largest absolute Gasteiger partial charge is 0.399 e. The van der Waals surface area contributed by atoms with Crippen molar-refractivity contribution >= 4 is 38.9 Å². The first kappa shape index (κ1) is 16.9. The Kier molecular flexibility index (Phi) is 5.77. The highest BCUT2D eigenvalue weighted by Gasteiger charge is 2.22. The number of nitrogens with one attached hydrogen (secondary N) is 1. The first-order valence-electron chi connectivity index (χ1n) is 7.14. The molecule has 1 aliphatic rings. The maximum absolute atomic E-state index is 12.3. The van der Waals surface area contributed by atoms with Gasteiger partial charge in [-0.2, -0.15) is 0 Å². The van der Waals surface area contributed by atoms with Crippen LogP contribution >= 0.6 is 23.2 Å². The summed E-state index contributed by atoms with van der Waals surface area (Å²) in [5, 5.41) is 0.0894. The Balaban J connectivity index is 1.95. The van der Waals surface area contributed by atoms with Gasteiger partial charge in [0.15, 0.2) is 0 Å². The van der Waals surface area contributed by atoms with Crippen LogP contribution in [0.2, 0.25) is 10.0 Å². The van der Waals surface area contributed by atoms with Crippen LogP contribution in [0.4, 0.5) is 5.69 Å². The number of hydrogen-bond acceptors (Lipinski definition) is 3. The van der Waals surface area contributed by atoms with Gasteiger partial charge in [0.1, 0.15) is 4.90 Å². The molecule has 0 spiro atoms. The minimum Gasteiger partial charge on any atom is -0.399 e. The number of sulfonamides is 1. The zero-order chi connectivity index (χ0) is 15.5. The predicted molar refractivity (Wildman–Crippen MR) is 87.3 cm³/mol. The summed E-state index contributed by atoms with van der Waals surface area (Å²) in [5.74, 6) is 0.748. The van der Waals surface area contributed by atoms with Crippen LogP contribution in [0, 0.1) is 5.92 Å². The van der Waals surface area contributed by atoms with Crippen molar-refractivity contribution in [3.05, 3.63) is 22.2 Å². The summed E-state index contributed by atoms with van der Waals surface area (Å²) in [6.07, 6.45) is 7.02. The molecule has 0 saturated heterocycles. The molecule has 1 aromatic rings. The summed E-state index contributed by atoms with van der Waals surface area (Å²) in [5.41, 5.74) is 5.92. The standard InChI is InChI=1S/C14H20Cl2N2O2S/c15-12-8-11(17)9-13(16)14(12)21(19,20)18-7-3-6-10-4-1-2-5-10/h8-10,18H,1-7,17H2. The van der Waals surface area contributed by atoms with Crippen LogP contribution < -0.4 is 10.5 Å². The summed E-state index contributed by atoms with van der Waals surface area (Å²) >= 11 is 11.9. The van der Waals surface area contributed by atoms with Crippen LogP contribution in [-0.4, -0.2) is 15.0 Å². The van der Waals surface area contributed by atoms with Gasteiger partial charge in [-0.15, -0.1) is 0 Å². The molecule has 0 radical (unpaired) electrons. The maximum atomic E-state index is 12.3. The summed E-state index contributed by atoms with van der Waals surface area (Å²) in [6, 6.07) is 2.78. The number of nitrogen functional groups attached to an aromatic ring is 1. The highest BCUT2D eigenvalue weighted by molar-refractivity contribution is 7.89. The van der Waals surface area contributed by atoms with E-state index in [-0.39, 0.29) is 14.9 Å². The van der Waals surface area contributed by atoms with Gasteiger partial charge in [0, 0.05) is 12.2 Å². The molecule has 7 heteroatoms. The van der Waals surface area contributed by atoms with E-state index in [4.69, 9.17) is 28.9 Å². The smallest absolute Gasteiger partial charge is 0.243 e. The van der Waals surface area contributed by atoms with Gasteiger partial charge in [-0.3, -0.25) is 0 Å². The van der Waals surface area contributed by atoms with Crippen molar-refractivity contribution in [1.82, 2.24) is 4.72 Å². The lowest BCUT2D eigenvalue weighted by Gasteiger charge is -2.12. The van der Waals surface area contributed by atoms with Crippen LogP contribution in [0.5, 0.6) is 0 Å². The van der Waals surface area contributed by atoms with Gasteiger partial charge in [-0.05, 0) is 30.9 Å². The van der Waals surface area contributed by atoms with E-state index >= 15 is 0 Å². The number of halogens is 2. The topological polar surface area (TPSA) is 72.2 Å². The number of anilines is 1. The third-order valence-electron chi connectivity index (χ3n) is 3.85. The Morgan fingerprint density at radius 1 is 1.19 bits per heavy atom. The van der Waals surface area contributed by atoms with Crippen LogP contribution in [-0.2, 0) is 10.0 Å². The van der Waals surface area contributed by atoms with Crippen molar-refractivity contribution in [2.45, 2.75) is 43.4 Å². The van der Waals surface area contributed by atoms with Crippen LogP contribution in [0.3, 0.4) is 0 Å². The van der Waals surface area contributed by atoms with E-state index in [1.165, 1.54) is 37.8 Å². The first-order chi connectivity index (χ1) is 9.90. The Bertz CT molecular complexity index is 576. The number of nitrogens with two attached hydrogens (primary N) is 1. The fourth-order valence-electron chi connectivity index (χ4n) is 2.80. The van der Waals surface area contributed by atoms with Crippen molar-refractivity contribution in [3.63, 3.8) is 0 Å². The van der Waals surface area contributed by atoms with Crippen molar-refractivity contribution < 1.29 is 8.42 Å². The molecule has 0 unspecified atom stereocenters. The molecule has 1 fully saturated rings. The fraction of sp³-hybridized carbons (Fsp3) is 0.571. The third kappa shape index (κ3) is 4.49. The average Bonchev–Trinajstić information content (AvgIpc) is 2.86. The second-order valence-electron chi connectivity index (χ2n) is 5.50. The van der Waals surface area contributed by atoms with E-state index in [1.807, 2.05) is 0 Å². The number of rotatable bonds is 6. The van der Waals surface area contributed by atoms with Crippen LogP contribution in [0.15, 0.2) is 17.0 Å². The molecule has 1 aromatic carbocycles. The minimum atomic E-state index is -3.70. The SMILES string of the molecule is Nc1cc(Cl)c(S(=O)(=O)NCCCC2CCCC2)c(Cl)c1. The molecule has 21 heavy (non-hydrogen) atoms. The van der Waals surface area contributed by atoms with Crippen LogP contribution in [0.25, 0.3) is 0 Å². The molecule has 0 heterocycles. The van der Waals surface area contributed by atoms with Gasteiger partial charge >= 0.3 is 0 Å². The molecule has 2 rings (SSSR count). The lowest BCUT2D eigenvalue weighted by molar-refractivity contribution is 0.480. The lowest BCUT2D eigenvalue weighted by Crippen LogP contribution is -2.25. The summed E-state index contributed by atoms with van der Waals surface area (Å²) in [6.45, 7) is 0.399. The maximum Gasteiger partial charge on any atom is 0.243 e. The Morgan fingerprint density at radius 2 is 1.76 bits per heavy atom. The van der Waals surface area contributed by atoms with Gasteiger partial charge in [-0.25, -0.2) is 13.1 Å². The van der Waals surface area contributed by atoms with Gasteiger partial charge in [0.05, 0.1) is 10.0 Å². The van der Waals surface area contributed by atoms with Gasteiger partial charge in [-0.1, -0.05) is 48.9 Å². The van der Waals surface area contributed by atoms with E-state index in [2.05, 4.69) is 4.72 Å². The highest BCUT2D eigenvalue weighted by atomic mass is 35.5. The van der Waals surface area contributed by atoms with Gasteiger partial charge < -0.3 is 5.73 Å². The second-order valence-corrected chi connectivity index (χ2v) is 8.02. The van der Waals surface area contributed by atoms with Crippen molar-refractivity contribution in [2.75, 3.05) is 12.3 Å². The molecule has 0 atom stereocenters. The predicted octanol–water partition coefficient (Wildman–Crippen LogP) is 3.82. The van der Waals surface area contributed by atoms with E-state index in [0.29, 0.717) is 12.2 Å². The average molecular weight is 351 g/mol. The van der Waals surface area contributed by atoms with Gasteiger partial charge in [0.25, 0.3) is 0 Å². The summed E-state index contributed by atoms with van der Waals surface area (Å²) in [7, 11) is -3.70. The minimum absolute atomic E-state index is 0.0447. The lowest BCUT2D eigenvalue weighted by atomic mass is 10.0. The van der Waals surface area contributed by atoms with Crippen molar-refractivity contribution in [1.29, 1.82) is 0 Å². The molecule has 3 N–H and O–H groups in total. The Morgan fingerprint density at radius 3 is 2.33 bits per heavy atom. The van der Waals surface area contributed by atoms with E-state index < -0.39 is 10.0 Å². The monoisotopic (exact) mass is 350 g/mol. The van der Waals surface area contributed by atoms with E-state index in [0.717, 1.165) is 18.8 Å². The molecule has 0 aliphatic heterocycles.